The zero-order chi connectivity index (χ0) is 18.6. The molecule has 0 bridgehead atoms. The molecule has 0 spiro atoms. The first-order valence-corrected chi connectivity index (χ1v) is 9.73. The van der Waals surface area contributed by atoms with Crippen LogP contribution in [-0.4, -0.2) is 28.9 Å². The van der Waals surface area contributed by atoms with E-state index in [9.17, 15) is 4.79 Å². The average molecular weight is 371 g/mol. The third kappa shape index (κ3) is 5.07. The van der Waals surface area contributed by atoms with Gasteiger partial charge in [0.1, 0.15) is 0 Å². The number of pyridine rings is 1. The summed E-state index contributed by atoms with van der Waals surface area (Å²) in [6.45, 7) is 6.04. The van der Waals surface area contributed by atoms with Gasteiger partial charge in [-0.25, -0.2) is 0 Å². The average Bonchev–Trinajstić information content (AvgIpc) is 2.64. The van der Waals surface area contributed by atoms with Crippen LogP contribution in [0.25, 0.3) is 0 Å². The largest absolute Gasteiger partial charge is 0.343 e. The van der Waals surface area contributed by atoms with Gasteiger partial charge in [0, 0.05) is 36.9 Å². The van der Waals surface area contributed by atoms with E-state index in [1.165, 1.54) is 11.1 Å². The van der Waals surface area contributed by atoms with E-state index in [1.807, 2.05) is 29.4 Å². The highest BCUT2D eigenvalue weighted by Gasteiger charge is 2.28. The topological polar surface area (TPSA) is 33.2 Å². The summed E-state index contributed by atoms with van der Waals surface area (Å²) in [6, 6.07) is 12.1. The quantitative estimate of drug-likeness (QED) is 0.733. The third-order valence-electron chi connectivity index (χ3n) is 5.25. The standard InChI is InChI=1S/C22H27ClN2O/c1-22(2,15-17-3-5-20(23)6-4-17)16-21(26)25-13-9-19(10-14-25)18-7-11-24-12-8-18/h3-8,11-12,19H,9-10,13-16H2,1-2H3. The van der Waals surface area contributed by atoms with Crippen molar-refractivity contribution in [2.45, 2.75) is 45.4 Å². The summed E-state index contributed by atoms with van der Waals surface area (Å²) in [4.78, 5) is 18.9. The Bertz CT molecular complexity index is 720. The Kier molecular flexibility index (Phi) is 5.98. The van der Waals surface area contributed by atoms with E-state index in [1.54, 1.807) is 0 Å². The number of likely N-dealkylation sites (tertiary alicyclic amines) is 1. The molecule has 1 amide bonds. The first kappa shape index (κ1) is 18.9. The molecule has 1 fully saturated rings. The van der Waals surface area contributed by atoms with Crippen molar-refractivity contribution in [2.75, 3.05) is 13.1 Å². The van der Waals surface area contributed by atoms with Gasteiger partial charge in [0.25, 0.3) is 0 Å². The second-order valence-corrected chi connectivity index (χ2v) is 8.52. The SMILES string of the molecule is CC(C)(CC(=O)N1CCC(c2ccncc2)CC1)Cc1ccc(Cl)cc1. The second-order valence-electron chi connectivity index (χ2n) is 8.08. The lowest BCUT2D eigenvalue weighted by atomic mass is 9.81. The zero-order valence-corrected chi connectivity index (χ0v) is 16.4. The summed E-state index contributed by atoms with van der Waals surface area (Å²) < 4.78 is 0. The fraction of sp³-hybridized carbons (Fsp3) is 0.455. The molecular weight excluding hydrogens is 344 g/mol. The highest BCUT2D eigenvalue weighted by molar-refractivity contribution is 6.30. The fourth-order valence-electron chi connectivity index (χ4n) is 3.84. The molecule has 138 valence electrons. The highest BCUT2D eigenvalue weighted by Crippen LogP contribution is 2.31. The van der Waals surface area contributed by atoms with Crippen LogP contribution in [0.2, 0.25) is 5.02 Å². The molecule has 4 heteroatoms. The fourth-order valence-corrected chi connectivity index (χ4v) is 3.96. The van der Waals surface area contributed by atoms with Gasteiger partial charge in [-0.3, -0.25) is 9.78 Å². The van der Waals surface area contributed by atoms with Crippen molar-refractivity contribution < 1.29 is 4.79 Å². The van der Waals surface area contributed by atoms with Crippen molar-refractivity contribution >= 4 is 17.5 Å². The summed E-state index contributed by atoms with van der Waals surface area (Å²) in [5, 5.41) is 0.750. The van der Waals surface area contributed by atoms with Gasteiger partial charge >= 0.3 is 0 Å². The number of hydrogen-bond donors (Lipinski definition) is 0. The van der Waals surface area contributed by atoms with Crippen LogP contribution in [0, 0.1) is 5.41 Å². The van der Waals surface area contributed by atoms with Crippen LogP contribution < -0.4 is 0 Å². The molecule has 0 N–H and O–H groups in total. The third-order valence-corrected chi connectivity index (χ3v) is 5.50. The van der Waals surface area contributed by atoms with Crippen LogP contribution in [0.1, 0.15) is 50.2 Å². The number of amides is 1. The maximum Gasteiger partial charge on any atom is 0.223 e. The van der Waals surface area contributed by atoms with Crippen molar-refractivity contribution in [3.8, 4) is 0 Å². The number of benzene rings is 1. The maximum atomic E-state index is 12.8. The molecule has 1 aliphatic heterocycles. The van der Waals surface area contributed by atoms with Crippen LogP contribution in [0.5, 0.6) is 0 Å². The van der Waals surface area contributed by atoms with Gasteiger partial charge < -0.3 is 4.90 Å². The van der Waals surface area contributed by atoms with E-state index in [-0.39, 0.29) is 11.3 Å². The van der Waals surface area contributed by atoms with Crippen LogP contribution in [0.15, 0.2) is 48.8 Å². The van der Waals surface area contributed by atoms with E-state index >= 15 is 0 Å². The van der Waals surface area contributed by atoms with Gasteiger partial charge in [-0.2, -0.15) is 0 Å². The highest BCUT2D eigenvalue weighted by atomic mass is 35.5. The summed E-state index contributed by atoms with van der Waals surface area (Å²) >= 11 is 5.96. The molecule has 1 saturated heterocycles. The predicted molar refractivity (Wildman–Crippen MR) is 106 cm³/mol. The lowest BCUT2D eigenvalue weighted by Gasteiger charge is -2.34. The Hall–Kier alpha value is -1.87. The van der Waals surface area contributed by atoms with E-state index in [0.717, 1.165) is 37.4 Å². The van der Waals surface area contributed by atoms with Crippen molar-refractivity contribution in [1.29, 1.82) is 0 Å². The minimum atomic E-state index is -0.0626. The Labute approximate surface area is 161 Å². The molecule has 0 aliphatic carbocycles. The monoisotopic (exact) mass is 370 g/mol. The Morgan fingerprint density at radius 2 is 1.73 bits per heavy atom. The Morgan fingerprint density at radius 1 is 1.12 bits per heavy atom. The van der Waals surface area contributed by atoms with Crippen molar-refractivity contribution in [3.63, 3.8) is 0 Å². The summed E-state index contributed by atoms with van der Waals surface area (Å²) in [5.41, 5.74) is 2.51. The van der Waals surface area contributed by atoms with Crippen molar-refractivity contribution in [1.82, 2.24) is 9.88 Å². The summed E-state index contributed by atoms with van der Waals surface area (Å²) in [5.74, 6) is 0.821. The summed E-state index contributed by atoms with van der Waals surface area (Å²) in [7, 11) is 0. The molecule has 1 aromatic heterocycles. The number of halogens is 1. The number of carbonyl (C=O) groups excluding carboxylic acids is 1. The van der Waals surface area contributed by atoms with E-state index in [4.69, 9.17) is 11.6 Å². The van der Waals surface area contributed by atoms with Crippen molar-refractivity contribution in [3.05, 3.63) is 64.9 Å². The van der Waals surface area contributed by atoms with Crippen LogP contribution >= 0.6 is 11.6 Å². The molecule has 0 unspecified atom stereocenters. The lowest BCUT2D eigenvalue weighted by molar-refractivity contribution is -0.134. The van der Waals surface area contributed by atoms with E-state index in [2.05, 4.69) is 43.1 Å². The normalized spacial score (nSPS) is 15.9. The lowest BCUT2D eigenvalue weighted by Crippen LogP contribution is -2.40. The molecule has 1 aliphatic rings. The predicted octanol–water partition coefficient (Wildman–Crippen LogP) is 5.10. The van der Waals surface area contributed by atoms with Gasteiger partial charge in [-0.05, 0) is 66.0 Å². The Balaban J connectivity index is 1.52. The van der Waals surface area contributed by atoms with Crippen LogP contribution in [0.4, 0.5) is 0 Å². The minimum Gasteiger partial charge on any atom is -0.343 e. The minimum absolute atomic E-state index is 0.0626. The molecule has 26 heavy (non-hydrogen) atoms. The summed E-state index contributed by atoms with van der Waals surface area (Å²) in [6.07, 6.45) is 7.23. The molecular formula is C22H27ClN2O. The number of rotatable bonds is 5. The molecule has 1 aromatic carbocycles. The first-order chi connectivity index (χ1) is 12.4. The van der Waals surface area contributed by atoms with Gasteiger partial charge in [-0.1, -0.05) is 37.6 Å². The maximum absolute atomic E-state index is 12.8. The number of aromatic nitrogens is 1. The van der Waals surface area contributed by atoms with E-state index in [0.29, 0.717) is 12.3 Å². The second kappa shape index (κ2) is 8.22. The first-order valence-electron chi connectivity index (χ1n) is 9.35. The molecule has 0 atom stereocenters. The van der Waals surface area contributed by atoms with Gasteiger partial charge in [-0.15, -0.1) is 0 Å². The Morgan fingerprint density at radius 3 is 2.35 bits per heavy atom. The molecule has 0 saturated carbocycles. The zero-order valence-electron chi connectivity index (χ0n) is 15.6. The van der Waals surface area contributed by atoms with E-state index < -0.39 is 0 Å². The number of hydrogen-bond acceptors (Lipinski definition) is 2. The molecule has 3 nitrogen and oxygen atoms in total. The van der Waals surface area contributed by atoms with Gasteiger partial charge in [0.05, 0.1) is 0 Å². The smallest absolute Gasteiger partial charge is 0.223 e. The molecule has 3 rings (SSSR count). The van der Waals surface area contributed by atoms with Gasteiger partial charge in [0.2, 0.25) is 5.91 Å². The number of nitrogens with zero attached hydrogens (tertiary/aromatic N) is 2. The number of carbonyl (C=O) groups is 1. The van der Waals surface area contributed by atoms with Gasteiger partial charge in [0.15, 0.2) is 0 Å². The molecule has 2 heterocycles. The van der Waals surface area contributed by atoms with Crippen molar-refractivity contribution in [2.24, 2.45) is 5.41 Å². The molecule has 0 radical (unpaired) electrons. The molecule has 2 aromatic rings. The number of piperidine rings is 1. The van der Waals surface area contributed by atoms with Crippen LogP contribution in [-0.2, 0) is 11.2 Å². The van der Waals surface area contributed by atoms with Crippen LogP contribution in [0.3, 0.4) is 0 Å².